The van der Waals surface area contributed by atoms with Crippen molar-refractivity contribution in [2.24, 2.45) is 0 Å². The molecule has 154 valence electrons. The predicted molar refractivity (Wildman–Crippen MR) is 114 cm³/mol. The van der Waals surface area contributed by atoms with E-state index in [9.17, 15) is 9.59 Å². The van der Waals surface area contributed by atoms with E-state index in [1.165, 1.54) is 7.11 Å². The van der Waals surface area contributed by atoms with Gasteiger partial charge in [0.15, 0.2) is 0 Å². The fourth-order valence-corrected chi connectivity index (χ4v) is 3.36. The second kappa shape index (κ2) is 10.1. The molecule has 0 radical (unpaired) electrons. The Bertz CT molecular complexity index is 836. The monoisotopic (exact) mass is 416 g/mol. The highest BCUT2D eigenvalue weighted by Gasteiger charge is 2.19. The van der Waals surface area contributed by atoms with Crippen LogP contribution in [-0.4, -0.2) is 56.7 Å². The smallest absolute Gasteiger partial charge is 0.319 e. The Hall–Kier alpha value is -2.77. The maximum absolute atomic E-state index is 12.1. The van der Waals surface area contributed by atoms with Crippen LogP contribution in [0.4, 0.5) is 16.2 Å². The number of ether oxygens (including phenoxy) is 1. The largest absolute Gasteiger partial charge is 0.468 e. The van der Waals surface area contributed by atoms with E-state index in [0.29, 0.717) is 18.1 Å². The minimum Gasteiger partial charge on any atom is -0.468 e. The van der Waals surface area contributed by atoms with Crippen LogP contribution in [0.2, 0.25) is 5.02 Å². The number of hydrogen-bond acceptors (Lipinski definition) is 5. The molecule has 3 rings (SSSR count). The van der Waals surface area contributed by atoms with Crippen molar-refractivity contribution in [1.82, 2.24) is 10.2 Å². The molecule has 0 aromatic heterocycles. The van der Waals surface area contributed by atoms with Crippen molar-refractivity contribution < 1.29 is 14.3 Å². The molecule has 1 heterocycles. The fraction of sp³-hybridized carbons (Fsp3) is 0.333. The Labute approximate surface area is 175 Å². The van der Waals surface area contributed by atoms with Crippen molar-refractivity contribution in [3.8, 4) is 0 Å². The highest BCUT2D eigenvalue weighted by molar-refractivity contribution is 6.31. The van der Waals surface area contributed by atoms with E-state index < -0.39 is 0 Å². The number of esters is 1. The Morgan fingerprint density at radius 3 is 2.38 bits per heavy atom. The Morgan fingerprint density at radius 2 is 1.72 bits per heavy atom. The number of rotatable bonds is 6. The maximum atomic E-state index is 12.1. The fourth-order valence-electron chi connectivity index (χ4n) is 3.16. The lowest BCUT2D eigenvalue weighted by Gasteiger charge is -2.35. The van der Waals surface area contributed by atoms with Crippen LogP contribution in [-0.2, 0) is 16.1 Å². The summed E-state index contributed by atoms with van der Waals surface area (Å²) in [5.41, 5.74) is 2.67. The minimum atomic E-state index is -0.283. The number of nitrogens with one attached hydrogen (secondary N) is 2. The van der Waals surface area contributed by atoms with Crippen molar-refractivity contribution in [3.63, 3.8) is 0 Å². The molecule has 0 unspecified atom stereocenters. The van der Waals surface area contributed by atoms with Gasteiger partial charge in [-0.25, -0.2) is 4.79 Å². The van der Waals surface area contributed by atoms with E-state index in [1.54, 1.807) is 6.07 Å². The predicted octanol–water partition coefficient (Wildman–Crippen LogP) is 2.96. The summed E-state index contributed by atoms with van der Waals surface area (Å²) < 4.78 is 4.72. The van der Waals surface area contributed by atoms with Gasteiger partial charge in [0.05, 0.1) is 13.7 Å². The number of carbonyl (C=O) groups excluding carboxylic acids is 2. The Kier molecular flexibility index (Phi) is 7.32. The van der Waals surface area contributed by atoms with E-state index in [2.05, 4.69) is 20.4 Å². The zero-order valence-electron chi connectivity index (χ0n) is 16.4. The zero-order valence-corrected chi connectivity index (χ0v) is 17.1. The second-order valence-electron chi connectivity index (χ2n) is 6.79. The molecule has 8 heteroatoms. The summed E-state index contributed by atoms with van der Waals surface area (Å²) in [7, 11) is 1.41. The third kappa shape index (κ3) is 6.10. The summed E-state index contributed by atoms with van der Waals surface area (Å²) in [4.78, 5) is 27.8. The first-order chi connectivity index (χ1) is 14.0. The summed E-state index contributed by atoms with van der Waals surface area (Å²) in [6.07, 6.45) is 0. The summed E-state index contributed by atoms with van der Waals surface area (Å²) in [5.74, 6) is -0.207. The van der Waals surface area contributed by atoms with E-state index in [0.717, 1.165) is 43.1 Å². The van der Waals surface area contributed by atoms with Gasteiger partial charge >= 0.3 is 12.0 Å². The molecule has 7 nitrogen and oxygen atoms in total. The second-order valence-corrected chi connectivity index (χ2v) is 7.19. The molecule has 1 aliphatic rings. The highest BCUT2D eigenvalue weighted by Crippen LogP contribution is 2.20. The number of methoxy groups -OCH3 is 1. The first-order valence-electron chi connectivity index (χ1n) is 9.47. The van der Waals surface area contributed by atoms with Crippen LogP contribution in [0.1, 0.15) is 5.56 Å². The molecule has 1 aliphatic heterocycles. The van der Waals surface area contributed by atoms with Crippen LogP contribution in [0.3, 0.4) is 0 Å². The van der Waals surface area contributed by atoms with Gasteiger partial charge < -0.3 is 20.3 Å². The molecular weight excluding hydrogens is 392 g/mol. The molecule has 29 heavy (non-hydrogen) atoms. The number of carbonyl (C=O) groups is 2. The van der Waals surface area contributed by atoms with Crippen LogP contribution in [0.15, 0.2) is 48.5 Å². The number of nitrogens with zero attached hydrogens (tertiary/aromatic N) is 2. The molecule has 0 saturated carbocycles. The number of hydrogen-bond donors (Lipinski definition) is 2. The van der Waals surface area contributed by atoms with E-state index in [4.69, 9.17) is 16.3 Å². The van der Waals surface area contributed by atoms with Crippen LogP contribution < -0.4 is 15.5 Å². The molecule has 2 aromatic carbocycles. The maximum Gasteiger partial charge on any atom is 0.319 e. The van der Waals surface area contributed by atoms with Crippen molar-refractivity contribution >= 4 is 35.0 Å². The molecule has 2 aromatic rings. The standard InChI is InChI=1S/C21H25ClN4O3/c1-29-20(27)15-25-10-12-26(13-11-25)18-8-6-17(7-9-18)24-21(28)23-14-16-4-2-3-5-19(16)22/h2-9H,10-15H2,1H3,(H2,23,24,28). The van der Waals surface area contributed by atoms with Gasteiger partial charge in [-0.3, -0.25) is 9.69 Å². The topological polar surface area (TPSA) is 73.9 Å². The average molecular weight is 417 g/mol. The number of halogens is 1. The van der Waals surface area contributed by atoms with Crippen LogP contribution in [0.25, 0.3) is 0 Å². The van der Waals surface area contributed by atoms with Gasteiger partial charge in [-0.1, -0.05) is 29.8 Å². The van der Waals surface area contributed by atoms with Crippen molar-refractivity contribution in [2.45, 2.75) is 6.54 Å². The summed E-state index contributed by atoms with van der Waals surface area (Å²) >= 11 is 6.10. The van der Waals surface area contributed by atoms with E-state index >= 15 is 0 Å². The van der Waals surface area contributed by atoms with E-state index in [1.807, 2.05) is 42.5 Å². The summed E-state index contributed by atoms with van der Waals surface area (Å²) in [6.45, 7) is 3.97. The van der Waals surface area contributed by atoms with Crippen molar-refractivity contribution in [3.05, 3.63) is 59.1 Å². The number of benzene rings is 2. The number of piperazine rings is 1. The Morgan fingerprint density at radius 1 is 1.03 bits per heavy atom. The van der Waals surface area contributed by atoms with Gasteiger partial charge in [-0.2, -0.15) is 0 Å². The molecule has 0 spiro atoms. The summed E-state index contributed by atoms with van der Waals surface area (Å²) in [6, 6.07) is 14.9. The lowest BCUT2D eigenvalue weighted by atomic mass is 10.2. The Balaban J connectivity index is 1.46. The SMILES string of the molecule is COC(=O)CN1CCN(c2ccc(NC(=O)NCc3ccccc3Cl)cc2)CC1. The number of anilines is 2. The molecule has 2 N–H and O–H groups in total. The summed E-state index contributed by atoms with van der Waals surface area (Å²) in [5, 5.41) is 6.26. The van der Waals surface area contributed by atoms with Crippen LogP contribution in [0.5, 0.6) is 0 Å². The highest BCUT2D eigenvalue weighted by atomic mass is 35.5. The lowest BCUT2D eigenvalue weighted by molar-refractivity contribution is -0.142. The molecule has 2 amide bonds. The molecule has 0 aliphatic carbocycles. The molecular formula is C21H25ClN4O3. The number of amides is 2. The third-order valence-electron chi connectivity index (χ3n) is 4.84. The quantitative estimate of drug-likeness (QED) is 0.708. The van der Waals surface area contributed by atoms with Crippen molar-refractivity contribution in [1.29, 1.82) is 0 Å². The van der Waals surface area contributed by atoms with Gasteiger partial charge in [0.25, 0.3) is 0 Å². The van der Waals surface area contributed by atoms with E-state index in [-0.39, 0.29) is 12.0 Å². The lowest BCUT2D eigenvalue weighted by Crippen LogP contribution is -2.48. The molecule has 1 saturated heterocycles. The minimum absolute atomic E-state index is 0.207. The number of urea groups is 1. The first-order valence-corrected chi connectivity index (χ1v) is 9.85. The normalized spacial score (nSPS) is 14.3. The van der Waals surface area contributed by atoms with Gasteiger partial charge in [-0.15, -0.1) is 0 Å². The zero-order chi connectivity index (χ0) is 20.6. The first kappa shape index (κ1) is 21.0. The van der Waals surface area contributed by atoms with Gasteiger partial charge in [0.2, 0.25) is 0 Å². The van der Waals surface area contributed by atoms with Gasteiger partial charge in [-0.05, 0) is 35.9 Å². The third-order valence-corrected chi connectivity index (χ3v) is 5.21. The molecule has 0 bridgehead atoms. The van der Waals surface area contributed by atoms with Gasteiger partial charge in [0, 0.05) is 49.1 Å². The van der Waals surface area contributed by atoms with Crippen LogP contribution >= 0.6 is 11.6 Å². The van der Waals surface area contributed by atoms with Crippen molar-refractivity contribution in [2.75, 3.05) is 50.1 Å². The average Bonchev–Trinajstić information content (AvgIpc) is 2.74. The molecule has 1 fully saturated rings. The molecule has 0 atom stereocenters. The van der Waals surface area contributed by atoms with Gasteiger partial charge in [0.1, 0.15) is 0 Å². The van der Waals surface area contributed by atoms with Crippen LogP contribution in [0, 0.1) is 0 Å².